The van der Waals surface area contributed by atoms with E-state index in [1.54, 1.807) is 0 Å². The van der Waals surface area contributed by atoms with Crippen molar-refractivity contribution in [2.24, 2.45) is 0 Å². The second kappa shape index (κ2) is 7.42. The Balaban J connectivity index is 2.21. The molecule has 1 aromatic rings. The Kier molecular flexibility index (Phi) is 5.81. The average molecular weight is 318 g/mol. The van der Waals surface area contributed by atoms with Crippen molar-refractivity contribution in [3.63, 3.8) is 0 Å². The summed E-state index contributed by atoms with van der Waals surface area (Å²) < 4.78 is 52.5. The largest absolute Gasteiger partial charge is 0.416 e. The molecule has 1 atom stereocenters. The summed E-state index contributed by atoms with van der Waals surface area (Å²) in [5.41, 5.74) is -0.711. The quantitative estimate of drug-likeness (QED) is 0.803. The van der Waals surface area contributed by atoms with Crippen molar-refractivity contribution in [1.29, 1.82) is 0 Å². The zero-order valence-corrected chi connectivity index (χ0v) is 12.7. The molecular weight excluding hydrogens is 296 g/mol. The van der Waals surface area contributed by atoms with Crippen LogP contribution in [-0.2, 0) is 12.7 Å². The lowest BCUT2D eigenvalue weighted by molar-refractivity contribution is -0.138. The first kappa shape index (κ1) is 17.2. The number of benzene rings is 1. The van der Waals surface area contributed by atoms with Crippen LogP contribution in [0.2, 0.25) is 0 Å². The highest BCUT2D eigenvalue weighted by Crippen LogP contribution is 2.33. The van der Waals surface area contributed by atoms with Crippen molar-refractivity contribution in [2.75, 3.05) is 19.6 Å². The van der Waals surface area contributed by atoms with Crippen molar-refractivity contribution >= 4 is 0 Å². The maximum absolute atomic E-state index is 13.2. The standard InChI is InChI=1S/C16H22F4N2/c1-2-3-8-22(14-6-7-21-10-14)11-12-4-5-13(17)9-15(12)16(18,19)20/h4-5,9,14,21H,2-3,6-8,10-11H2,1H3/t14-/m0/s1. The summed E-state index contributed by atoms with van der Waals surface area (Å²) in [5, 5.41) is 3.25. The van der Waals surface area contributed by atoms with E-state index in [2.05, 4.69) is 17.1 Å². The van der Waals surface area contributed by atoms with Crippen LogP contribution >= 0.6 is 0 Å². The van der Waals surface area contributed by atoms with Gasteiger partial charge in [-0.1, -0.05) is 19.4 Å². The third-order valence-electron chi connectivity index (χ3n) is 4.10. The Bertz CT molecular complexity index is 482. The van der Waals surface area contributed by atoms with Crippen LogP contribution in [0.15, 0.2) is 18.2 Å². The lowest BCUT2D eigenvalue weighted by Gasteiger charge is -2.29. The zero-order valence-electron chi connectivity index (χ0n) is 12.7. The fourth-order valence-electron chi connectivity index (χ4n) is 2.87. The van der Waals surface area contributed by atoms with Crippen molar-refractivity contribution in [3.8, 4) is 0 Å². The summed E-state index contributed by atoms with van der Waals surface area (Å²) in [6.45, 7) is 4.72. The predicted octanol–water partition coefficient (Wildman–Crippen LogP) is 3.81. The van der Waals surface area contributed by atoms with E-state index in [4.69, 9.17) is 0 Å². The minimum Gasteiger partial charge on any atom is -0.315 e. The molecule has 0 bridgehead atoms. The van der Waals surface area contributed by atoms with Gasteiger partial charge in [0, 0.05) is 19.1 Å². The molecule has 1 N–H and O–H groups in total. The summed E-state index contributed by atoms with van der Waals surface area (Å²) in [4.78, 5) is 2.09. The first-order valence-electron chi connectivity index (χ1n) is 7.72. The molecular formula is C16H22F4N2. The molecule has 1 aliphatic heterocycles. The van der Waals surface area contributed by atoms with Crippen molar-refractivity contribution < 1.29 is 17.6 Å². The van der Waals surface area contributed by atoms with Gasteiger partial charge in [0.2, 0.25) is 0 Å². The maximum Gasteiger partial charge on any atom is 0.416 e. The minimum atomic E-state index is -4.53. The summed E-state index contributed by atoms with van der Waals surface area (Å²) >= 11 is 0. The first-order chi connectivity index (χ1) is 10.4. The predicted molar refractivity (Wildman–Crippen MR) is 78.0 cm³/mol. The van der Waals surface area contributed by atoms with E-state index in [0.29, 0.717) is 6.07 Å². The smallest absolute Gasteiger partial charge is 0.315 e. The van der Waals surface area contributed by atoms with Crippen molar-refractivity contribution in [1.82, 2.24) is 10.2 Å². The number of nitrogens with zero attached hydrogens (tertiary/aromatic N) is 1. The van der Waals surface area contributed by atoms with Gasteiger partial charge in [-0.2, -0.15) is 13.2 Å². The number of rotatable bonds is 6. The number of nitrogens with one attached hydrogen (secondary N) is 1. The summed E-state index contributed by atoms with van der Waals surface area (Å²) in [6.07, 6.45) is -1.65. The molecule has 1 heterocycles. The van der Waals surface area contributed by atoms with Crippen LogP contribution < -0.4 is 5.32 Å². The van der Waals surface area contributed by atoms with Crippen LogP contribution in [-0.4, -0.2) is 30.6 Å². The van der Waals surface area contributed by atoms with Crippen molar-refractivity contribution in [2.45, 2.75) is 44.9 Å². The Hall–Kier alpha value is -1.14. The van der Waals surface area contributed by atoms with Gasteiger partial charge in [-0.25, -0.2) is 4.39 Å². The van der Waals surface area contributed by atoms with Crippen LogP contribution in [0, 0.1) is 5.82 Å². The molecule has 2 nitrogen and oxygen atoms in total. The van der Waals surface area contributed by atoms with Gasteiger partial charge in [0.15, 0.2) is 0 Å². The van der Waals surface area contributed by atoms with E-state index in [1.165, 1.54) is 6.07 Å². The number of hydrogen-bond donors (Lipinski definition) is 1. The molecule has 0 unspecified atom stereocenters. The molecule has 0 radical (unpaired) electrons. The highest BCUT2D eigenvalue weighted by molar-refractivity contribution is 5.30. The molecule has 1 aliphatic rings. The molecule has 1 fully saturated rings. The summed E-state index contributed by atoms with van der Waals surface area (Å²) in [7, 11) is 0. The SMILES string of the molecule is CCCCN(Cc1ccc(F)cc1C(F)(F)F)[C@H]1CCNC1. The van der Waals surface area contributed by atoms with E-state index in [1.807, 2.05) is 0 Å². The fourth-order valence-corrected chi connectivity index (χ4v) is 2.87. The van der Waals surface area contributed by atoms with Gasteiger partial charge in [0.25, 0.3) is 0 Å². The van der Waals surface area contributed by atoms with Gasteiger partial charge < -0.3 is 5.32 Å². The van der Waals surface area contributed by atoms with Gasteiger partial charge in [-0.05, 0) is 43.6 Å². The Labute approximate surface area is 128 Å². The molecule has 6 heteroatoms. The molecule has 2 rings (SSSR count). The first-order valence-corrected chi connectivity index (χ1v) is 7.72. The lowest BCUT2D eigenvalue weighted by Crippen LogP contribution is -2.37. The van der Waals surface area contributed by atoms with E-state index in [9.17, 15) is 17.6 Å². The number of hydrogen-bond acceptors (Lipinski definition) is 2. The third kappa shape index (κ3) is 4.43. The average Bonchev–Trinajstić information content (AvgIpc) is 2.98. The lowest BCUT2D eigenvalue weighted by atomic mass is 10.0. The zero-order chi connectivity index (χ0) is 16.2. The summed E-state index contributed by atoms with van der Waals surface area (Å²) in [5.74, 6) is -0.848. The second-order valence-electron chi connectivity index (χ2n) is 5.77. The van der Waals surface area contributed by atoms with E-state index in [-0.39, 0.29) is 18.2 Å². The monoisotopic (exact) mass is 318 g/mol. The van der Waals surface area contributed by atoms with Crippen LogP contribution in [0.4, 0.5) is 17.6 Å². The molecule has 0 saturated carbocycles. The number of halogens is 4. The Morgan fingerprint density at radius 1 is 1.32 bits per heavy atom. The second-order valence-corrected chi connectivity index (χ2v) is 5.77. The summed E-state index contributed by atoms with van der Waals surface area (Å²) in [6, 6.07) is 3.22. The van der Waals surface area contributed by atoms with Gasteiger partial charge >= 0.3 is 6.18 Å². The minimum absolute atomic E-state index is 0.150. The van der Waals surface area contributed by atoms with E-state index < -0.39 is 17.6 Å². The van der Waals surface area contributed by atoms with E-state index in [0.717, 1.165) is 45.0 Å². The molecule has 1 saturated heterocycles. The number of unbranched alkanes of at least 4 members (excludes halogenated alkanes) is 1. The van der Waals surface area contributed by atoms with Crippen LogP contribution in [0.3, 0.4) is 0 Å². The maximum atomic E-state index is 13.2. The fraction of sp³-hybridized carbons (Fsp3) is 0.625. The van der Waals surface area contributed by atoms with Gasteiger partial charge in [0.1, 0.15) is 5.82 Å². The van der Waals surface area contributed by atoms with E-state index >= 15 is 0 Å². The molecule has 0 spiro atoms. The normalized spacial score (nSPS) is 19.1. The van der Waals surface area contributed by atoms with Crippen molar-refractivity contribution in [3.05, 3.63) is 35.1 Å². The highest BCUT2D eigenvalue weighted by Gasteiger charge is 2.34. The number of alkyl halides is 3. The van der Waals surface area contributed by atoms with Gasteiger partial charge in [0.05, 0.1) is 5.56 Å². The van der Waals surface area contributed by atoms with Gasteiger partial charge in [-0.15, -0.1) is 0 Å². The molecule has 22 heavy (non-hydrogen) atoms. The molecule has 0 aliphatic carbocycles. The Morgan fingerprint density at radius 2 is 2.09 bits per heavy atom. The molecule has 0 aromatic heterocycles. The van der Waals surface area contributed by atoms with Crippen LogP contribution in [0.5, 0.6) is 0 Å². The third-order valence-corrected chi connectivity index (χ3v) is 4.10. The van der Waals surface area contributed by atoms with Gasteiger partial charge in [-0.3, -0.25) is 4.90 Å². The molecule has 1 aromatic carbocycles. The highest BCUT2D eigenvalue weighted by atomic mass is 19.4. The van der Waals surface area contributed by atoms with Crippen LogP contribution in [0.25, 0.3) is 0 Å². The topological polar surface area (TPSA) is 15.3 Å². The Morgan fingerprint density at radius 3 is 2.68 bits per heavy atom. The van der Waals surface area contributed by atoms with Crippen LogP contribution in [0.1, 0.15) is 37.3 Å². The molecule has 0 amide bonds. The molecule has 124 valence electrons.